The zero-order valence-corrected chi connectivity index (χ0v) is 64.7. The number of carbonyl (C=O) groups excluding carboxylic acids is 4. The minimum absolute atomic E-state index is 0.0830. The van der Waals surface area contributed by atoms with Crippen LogP contribution in [0.3, 0.4) is 0 Å². The summed E-state index contributed by atoms with van der Waals surface area (Å²) >= 11 is 0. The van der Waals surface area contributed by atoms with Crippen molar-refractivity contribution in [1.82, 2.24) is 31.2 Å². The van der Waals surface area contributed by atoms with Crippen LogP contribution < -0.4 is 60.5 Å². The van der Waals surface area contributed by atoms with E-state index in [1.807, 2.05) is 50.2 Å². The third-order valence-corrected chi connectivity index (χ3v) is 23.3. The molecule has 109 heavy (non-hydrogen) atoms. The number of para-hydroxylation sites is 4. The molecule has 8 aliphatic rings. The number of halogens is 1. The van der Waals surface area contributed by atoms with Crippen LogP contribution in [0, 0.1) is 57.2 Å². The second-order valence-corrected chi connectivity index (χ2v) is 30.9. The van der Waals surface area contributed by atoms with Crippen LogP contribution >= 0.6 is 0 Å². The van der Waals surface area contributed by atoms with E-state index in [-0.39, 0.29) is 53.1 Å². The summed E-state index contributed by atoms with van der Waals surface area (Å²) in [7, 11) is 0. The normalized spacial score (nSPS) is 18.0. The Bertz CT molecular complexity index is 4160. The summed E-state index contributed by atoms with van der Waals surface area (Å²) in [5.41, 5.74) is 17.3. The van der Waals surface area contributed by atoms with Crippen LogP contribution in [0.2, 0.25) is 0 Å². The molecule has 4 N–H and O–H groups in total. The lowest BCUT2D eigenvalue weighted by Crippen LogP contribution is -2.45. The fourth-order valence-corrected chi connectivity index (χ4v) is 16.9. The molecule has 0 bridgehead atoms. The van der Waals surface area contributed by atoms with Gasteiger partial charge in [0.15, 0.2) is 0 Å². The largest absolute Gasteiger partial charge is 0.371 e. The Kier molecular flexibility index (Phi) is 26.7. The molecule has 4 amide bonds. The van der Waals surface area contributed by atoms with E-state index in [0.29, 0.717) is 38.4 Å². The molecule has 0 radical (unpaired) electrons. The number of nitrogens with one attached hydrogen (secondary N) is 4. The Morgan fingerprint density at radius 3 is 1.06 bits per heavy atom. The molecule has 8 aliphatic heterocycles. The highest BCUT2D eigenvalue weighted by Gasteiger charge is 2.32. The van der Waals surface area contributed by atoms with Gasteiger partial charge in [-0.3, -0.25) is 19.2 Å². The molecule has 18 nitrogen and oxygen atoms in total. The van der Waals surface area contributed by atoms with Crippen LogP contribution in [0.4, 0.5) is 50.2 Å². The standard InChI is InChI=1S/C23H28FN3O.C23H29N3O.2C22H28N4O/c1-17-8-9-22(20(24)15-17)27-12-4-6-19(16-27)23(28)25-11-14-26-13-10-18-5-2-3-7-21(18)26;1-18-8-10-21(11-9-18)26-14-4-6-20(17-26)23(27)24-13-16-25-15-12-19-5-2-3-7-22(19)25;2*1-17-6-7-21(24-16-17)26-13-9-19(10-14-26)22(27)23-11-15-25-12-8-18-4-2-3-5-20(18)25/h2-3,5,7-9,15,19H,4,6,10-14,16H2,1H3,(H,25,28);2-3,5,7-11,20H,4,6,12-17H2,1H3,(H,24,27);2*2-7,16,19H,8-15H2,1H3,(H,23,27). The predicted molar refractivity (Wildman–Crippen MR) is 441 cm³/mol. The number of hydrogen-bond donors (Lipinski definition) is 4. The van der Waals surface area contributed by atoms with Gasteiger partial charge in [-0.15, -0.1) is 0 Å². The molecule has 4 saturated heterocycles. The molecular weight excluding hydrogens is 1360 g/mol. The molecule has 574 valence electrons. The number of benzene rings is 6. The van der Waals surface area contributed by atoms with Crippen LogP contribution in [0.25, 0.3) is 0 Å². The summed E-state index contributed by atoms with van der Waals surface area (Å²) in [5, 5.41) is 12.6. The summed E-state index contributed by atoms with van der Waals surface area (Å²) in [4.78, 5) is 77.9. The number of nitrogens with zero attached hydrogens (tertiary/aromatic N) is 10. The Balaban J connectivity index is 0.000000128. The average Bonchev–Trinajstić information content (AvgIpc) is 1.83. The summed E-state index contributed by atoms with van der Waals surface area (Å²) in [6, 6.07) is 56.5. The lowest BCUT2D eigenvalue weighted by atomic mass is 9.96. The van der Waals surface area contributed by atoms with Crippen molar-refractivity contribution < 1.29 is 23.6 Å². The maximum atomic E-state index is 14.3. The van der Waals surface area contributed by atoms with E-state index in [9.17, 15) is 23.6 Å². The predicted octanol–water partition coefficient (Wildman–Crippen LogP) is 12.5. The second kappa shape index (κ2) is 37.8. The van der Waals surface area contributed by atoms with Gasteiger partial charge in [-0.1, -0.05) is 109 Å². The first-order valence-electron chi connectivity index (χ1n) is 40.3. The third-order valence-electron chi connectivity index (χ3n) is 23.3. The minimum atomic E-state index is -0.200. The monoisotopic (exact) mass is 1470 g/mol. The van der Waals surface area contributed by atoms with Gasteiger partial charge in [0.05, 0.1) is 17.5 Å². The molecule has 2 unspecified atom stereocenters. The van der Waals surface area contributed by atoms with Crippen molar-refractivity contribution in [2.75, 3.05) is 170 Å². The van der Waals surface area contributed by atoms with Gasteiger partial charge in [-0.2, -0.15) is 0 Å². The first kappa shape index (κ1) is 77.0. The lowest BCUT2D eigenvalue weighted by molar-refractivity contribution is -0.126. The second-order valence-electron chi connectivity index (χ2n) is 30.9. The summed E-state index contributed by atoms with van der Waals surface area (Å²) in [6.07, 6.45) is 15.6. The molecule has 6 aromatic carbocycles. The minimum Gasteiger partial charge on any atom is -0.371 e. The number of fused-ring (bicyclic) bond motifs is 4. The fourth-order valence-electron chi connectivity index (χ4n) is 16.9. The Morgan fingerprint density at radius 2 is 0.688 bits per heavy atom. The zero-order valence-electron chi connectivity index (χ0n) is 64.7. The number of carbonyl (C=O) groups is 4. The Morgan fingerprint density at radius 1 is 0.349 bits per heavy atom. The van der Waals surface area contributed by atoms with Crippen molar-refractivity contribution in [2.45, 2.75) is 105 Å². The Labute approximate surface area is 645 Å². The van der Waals surface area contributed by atoms with E-state index < -0.39 is 0 Å². The molecule has 0 saturated carbocycles. The highest BCUT2D eigenvalue weighted by atomic mass is 19.1. The van der Waals surface area contributed by atoms with E-state index in [0.717, 1.165) is 192 Å². The number of pyridine rings is 2. The number of amides is 4. The first-order valence-corrected chi connectivity index (χ1v) is 40.3. The van der Waals surface area contributed by atoms with Gasteiger partial charge < -0.3 is 60.5 Å². The average molecular weight is 1470 g/mol. The molecule has 10 heterocycles. The van der Waals surface area contributed by atoms with Crippen molar-refractivity contribution in [3.05, 3.63) is 227 Å². The molecule has 2 aromatic heterocycles. The number of hydrogen-bond acceptors (Lipinski definition) is 14. The van der Waals surface area contributed by atoms with Crippen LogP contribution in [0.5, 0.6) is 0 Å². The van der Waals surface area contributed by atoms with Crippen LogP contribution in [-0.4, -0.2) is 164 Å². The zero-order chi connectivity index (χ0) is 75.4. The molecule has 19 heteroatoms. The third kappa shape index (κ3) is 20.6. The van der Waals surface area contributed by atoms with Gasteiger partial charge in [0, 0.05) is 184 Å². The van der Waals surface area contributed by atoms with Crippen molar-refractivity contribution in [1.29, 1.82) is 0 Å². The van der Waals surface area contributed by atoms with E-state index in [4.69, 9.17) is 0 Å². The van der Waals surface area contributed by atoms with Gasteiger partial charge in [0.2, 0.25) is 23.6 Å². The van der Waals surface area contributed by atoms with Crippen molar-refractivity contribution in [3.63, 3.8) is 0 Å². The van der Waals surface area contributed by atoms with Gasteiger partial charge in [-0.25, -0.2) is 14.4 Å². The van der Waals surface area contributed by atoms with E-state index in [1.165, 1.54) is 67.4 Å². The highest BCUT2D eigenvalue weighted by Crippen LogP contribution is 2.33. The SMILES string of the molecule is Cc1ccc(N2CCC(C(=O)NCCN3CCc4ccccc43)CC2)nc1.Cc1ccc(N2CCC(C(=O)NCCN3CCc4ccccc43)CC2)nc1.Cc1ccc(N2CCCC(C(=O)NCCN3CCc4ccccc43)C2)c(F)c1.Cc1ccc(N2CCCC(C(=O)NCCN3CCc4ccccc43)C2)cc1. The van der Waals surface area contributed by atoms with Gasteiger partial charge in [0.25, 0.3) is 0 Å². The number of aryl methyl sites for hydroxylation is 4. The van der Waals surface area contributed by atoms with Gasteiger partial charge >= 0.3 is 0 Å². The number of anilines is 8. The van der Waals surface area contributed by atoms with Crippen molar-refractivity contribution >= 4 is 69.4 Å². The Hall–Kier alpha value is -10.2. The molecule has 16 rings (SSSR count). The van der Waals surface area contributed by atoms with E-state index >= 15 is 0 Å². The summed E-state index contributed by atoms with van der Waals surface area (Å²) in [5.74, 6) is 2.80. The van der Waals surface area contributed by atoms with E-state index in [2.05, 4.69) is 218 Å². The number of aromatic nitrogens is 2. The summed E-state index contributed by atoms with van der Waals surface area (Å²) in [6.45, 7) is 25.4. The highest BCUT2D eigenvalue weighted by molar-refractivity contribution is 5.81. The summed E-state index contributed by atoms with van der Waals surface area (Å²) < 4.78 is 14.3. The van der Waals surface area contributed by atoms with Crippen LogP contribution in [-0.2, 0) is 44.9 Å². The molecule has 0 spiro atoms. The molecule has 4 fully saturated rings. The maximum Gasteiger partial charge on any atom is 0.224 e. The molecule has 8 aromatic rings. The van der Waals surface area contributed by atoms with Crippen LogP contribution in [0.15, 0.2) is 176 Å². The smallest absolute Gasteiger partial charge is 0.224 e. The quantitative estimate of drug-likeness (QED) is 0.0569. The fraction of sp³-hybridized carbons (Fsp3) is 0.444. The van der Waals surface area contributed by atoms with E-state index in [1.54, 1.807) is 6.07 Å². The van der Waals surface area contributed by atoms with Gasteiger partial charge in [-0.05, 0) is 204 Å². The first-order chi connectivity index (χ1) is 53.2. The lowest BCUT2D eigenvalue weighted by Gasteiger charge is -2.34. The topological polar surface area (TPSA) is 168 Å². The van der Waals surface area contributed by atoms with Crippen LogP contribution in [0.1, 0.15) is 95.9 Å². The molecule has 2 atom stereocenters. The van der Waals surface area contributed by atoms with Gasteiger partial charge in [0.1, 0.15) is 17.5 Å². The van der Waals surface area contributed by atoms with Crippen molar-refractivity contribution in [2.24, 2.45) is 23.7 Å². The number of piperidine rings is 4. The molecular formula is C90H113FN14O4. The molecule has 0 aliphatic carbocycles. The maximum absolute atomic E-state index is 14.3. The number of rotatable bonds is 20. The van der Waals surface area contributed by atoms with Crippen molar-refractivity contribution in [3.8, 4) is 0 Å².